The van der Waals surface area contributed by atoms with Gasteiger partial charge in [0.2, 0.25) is 5.89 Å². The van der Waals surface area contributed by atoms with Crippen LogP contribution in [0.1, 0.15) is 19.7 Å². The highest BCUT2D eigenvalue weighted by Crippen LogP contribution is 2.29. The highest BCUT2D eigenvalue weighted by atomic mass is 19.1. The van der Waals surface area contributed by atoms with Crippen LogP contribution >= 0.6 is 0 Å². The second-order valence-electron chi connectivity index (χ2n) is 6.46. The zero-order valence-corrected chi connectivity index (χ0v) is 15.7. The highest BCUT2D eigenvalue weighted by Gasteiger charge is 2.21. The lowest BCUT2D eigenvalue weighted by atomic mass is 10.2. The van der Waals surface area contributed by atoms with Crippen LogP contribution < -0.4 is 0 Å². The molecule has 0 N–H and O–H groups in total. The Morgan fingerprint density at radius 2 is 1.79 bits per heavy atom. The molecule has 0 aliphatic carbocycles. The Kier molecular flexibility index (Phi) is 5.13. The summed E-state index contributed by atoms with van der Waals surface area (Å²) in [5.41, 5.74) is 0.639. The molecule has 0 spiro atoms. The van der Waals surface area contributed by atoms with Crippen LogP contribution in [0.5, 0.6) is 0 Å². The molecule has 0 saturated carbocycles. The molecular formula is C20H17F2N5O2. The van der Waals surface area contributed by atoms with Crippen LogP contribution in [-0.4, -0.2) is 30.8 Å². The molecule has 0 fully saturated rings. The third kappa shape index (κ3) is 3.90. The van der Waals surface area contributed by atoms with Gasteiger partial charge < -0.3 is 9.15 Å². The summed E-state index contributed by atoms with van der Waals surface area (Å²) in [6.07, 6.45) is 4.53. The van der Waals surface area contributed by atoms with Gasteiger partial charge in [0, 0.05) is 12.4 Å². The molecule has 7 nitrogen and oxygen atoms in total. The number of benzene rings is 1. The van der Waals surface area contributed by atoms with E-state index >= 15 is 0 Å². The number of aromatic nitrogens is 5. The number of ether oxygens (including phenoxy) is 1. The van der Waals surface area contributed by atoms with E-state index in [1.54, 1.807) is 29.2 Å². The van der Waals surface area contributed by atoms with Gasteiger partial charge in [0.25, 0.3) is 0 Å². The number of hydrogen-bond donors (Lipinski definition) is 0. The molecule has 0 bridgehead atoms. The second-order valence-corrected chi connectivity index (χ2v) is 6.46. The van der Waals surface area contributed by atoms with Crippen LogP contribution in [0.4, 0.5) is 8.78 Å². The first-order valence-corrected chi connectivity index (χ1v) is 8.91. The lowest BCUT2D eigenvalue weighted by Gasteiger charge is -2.03. The maximum Gasteiger partial charge on any atom is 0.232 e. The molecule has 1 aromatic carbocycles. The van der Waals surface area contributed by atoms with E-state index < -0.39 is 11.6 Å². The number of oxazole rings is 1. The summed E-state index contributed by atoms with van der Waals surface area (Å²) >= 11 is 0. The quantitative estimate of drug-likeness (QED) is 0.486. The highest BCUT2D eigenvalue weighted by molar-refractivity contribution is 5.60. The van der Waals surface area contributed by atoms with Gasteiger partial charge in [-0.1, -0.05) is 6.07 Å². The Labute approximate surface area is 165 Å². The fourth-order valence-corrected chi connectivity index (χ4v) is 2.68. The largest absolute Gasteiger partial charge is 0.443 e. The summed E-state index contributed by atoms with van der Waals surface area (Å²) in [5, 5.41) is 4.47. The molecule has 0 aliphatic rings. The van der Waals surface area contributed by atoms with Crippen molar-refractivity contribution in [1.29, 1.82) is 0 Å². The molecule has 0 amide bonds. The fraction of sp³-hybridized carbons (Fsp3) is 0.200. The first kappa shape index (κ1) is 18.9. The number of hydrogen-bond acceptors (Lipinski definition) is 6. The van der Waals surface area contributed by atoms with Crippen LogP contribution in [0.2, 0.25) is 0 Å². The minimum Gasteiger partial charge on any atom is -0.443 e. The van der Waals surface area contributed by atoms with Gasteiger partial charge >= 0.3 is 0 Å². The Morgan fingerprint density at radius 3 is 2.48 bits per heavy atom. The molecule has 3 heterocycles. The van der Waals surface area contributed by atoms with E-state index in [1.165, 1.54) is 12.3 Å². The van der Waals surface area contributed by atoms with Gasteiger partial charge in [0.15, 0.2) is 11.6 Å². The molecule has 3 aromatic heterocycles. The van der Waals surface area contributed by atoms with E-state index in [9.17, 15) is 8.78 Å². The van der Waals surface area contributed by atoms with E-state index in [1.807, 2.05) is 13.8 Å². The predicted molar refractivity (Wildman–Crippen MR) is 99.9 cm³/mol. The van der Waals surface area contributed by atoms with Gasteiger partial charge in [-0.2, -0.15) is 0 Å². The van der Waals surface area contributed by atoms with E-state index in [2.05, 4.69) is 20.1 Å². The fourth-order valence-electron chi connectivity index (χ4n) is 2.68. The monoisotopic (exact) mass is 397 g/mol. The van der Waals surface area contributed by atoms with Crippen molar-refractivity contribution in [2.24, 2.45) is 0 Å². The molecular weight excluding hydrogens is 380 g/mol. The Hall–Kier alpha value is -3.46. The van der Waals surface area contributed by atoms with Crippen molar-refractivity contribution < 1.29 is 17.9 Å². The maximum absolute atomic E-state index is 14.1. The van der Waals surface area contributed by atoms with E-state index in [4.69, 9.17) is 9.15 Å². The summed E-state index contributed by atoms with van der Waals surface area (Å²) in [4.78, 5) is 12.7. The minimum atomic E-state index is -0.764. The molecule has 0 radical (unpaired) electrons. The summed E-state index contributed by atoms with van der Waals surface area (Å²) in [5.74, 6) is -0.919. The summed E-state index contributed by atoms with van der Waals surface area (Å²) in [6, 6.07) is 7.07. The van der Waals surface area contributed by atoms with E-state index in [0.717, 1.165) is 12.1 Å². The first-order chi connectivity index (χ1) is 14.0. The Balaban J connectivity index is 1.77. The third-order valence-corrected chi connectivity index (χ3v) is 4.01. The average Bonchev–Trinajstić information content (AvgIpc) is 3.34. The van der Waals surface area contributed by atoms with Crippen LogP contribution in [0.15, 0.2) is 53.4 Å². The molecule has 0 aliphatic heterocycles. The molecule has 0 atom stereocenters. The van der Waals surface area contributed by atoms with Crippen LogP contribution in [-0.2, 0) is 11.3 Å². The van der Waals surface area contributed by atoms with Crippen molar-refractivity contribution in [3.8, 4) is 28.7 Å². The zero-order chi connectivity index (χ0) is 20.4. The second kappa shape index (κ2) is 7.88. The van der Waals surface area contributed by atoms with Crippen molar-refractivity contribution >= 4 is 0 Å². The summed E-state index contributed by atoms with van der Waals surface area (Å²) in [7, 11) is 0. The Bertz CT molecular complexity index is 1100. The van der Waals surface area contributed by atoms with Gasteiger partial charge in [-0.15, -0.1) is 5.10 Å². The van der Waals surface area contributed by atoms with Gasteiger partial charge in [0.1, 0.15) is 35.8 Å². The van der Waals surface area contributed by atoms with E-state index in [-0.39, 0.29) is 29.9 Å². The van der Waals surface area contributed by atoms with Gasteiger partial charge in [-0.25, -0.2) is 23.4 Å². The molecule has 0 unspecified atom stereocenters. The lowest BCUT2D eigenvalue weighted by Crippen LogP contribution is -2.04. The number of nitrogens with zero attached hydrogens (tertiary/aromatic N) is 5. The zero-order valence-electron chi connectivity index (χ0n) is 15.7. The molecule has 148 valence electrons. The molecule has 4 rings (SSSR count). The number of halogens is 2. The molecule has 9 heteroatoms. The Morgan fingerprint density at radius 1 is 1.07 bits per heavy atom. The molecule has 29 heavy (non-hydrogen) atoms. The smallest absolute Gasteiger partial charge is 0.232 e. The van der Waals surface area contributed by atoms with Crippen molar-refractivity contribution in [2.45, 2.75) is 26.6 Å². The predicted octanol–water partition coefficient (Wildman–Crippen LogP) is 4.19. The van der Waals surface area contributed by atoms with Crippen molar-refractivity contribution in [1.82, 2.24) is 24.7 Å². The minimum absolute atomic E-state index is 0.00834. The first-order valence-electron chi connectivity index (χ1n) is 8.91. The maximum atomic E-state index is 14.1. The topological polar surface area (TPSA) is 78.9 Å². The van der Waals surface area contributed by atoms with Gasteiger partial charge in [0.05, 0.1) is 11.8 Å². The van der Waals surface area contributed by atoms with Crippen LogP contribution in [0, 0.1) is 11.6 Å². The van der Waals surface area contributed by atoms with Gasteiger partial charge in [-0.3, -0.25) is 4.98 Å². The van der Waals surface area contributed by atoms with Gasteiger partial charge in [-0.05, 0) is 38.1 Å². The lowest BCUT2D eigenvalue weighted by molar-refractivity contribution is 0.0613. The third-order valence-electron chi connectivity index (χ3n) is 4.01. The van der Waals surface area contributed by atoms with Crippen LogP contribution in [0.3, 0.4) is 0 Å². The summed E-state index contributed by atoms with van der Waals surface area (Å²) in [6.45, 7) is 4.02. The molecule has 0 saturated heterocycles. The normalized spacial score (nSPS) is 11.3. The van der Waals surface area contributed by atoms with Crippen molar-refractivity contribution in [2.75, 3.05) is 0 Å². The van der Waals surface area contributed by atoms with E-state index in [0.29, 0.717) is 17.3 Å². The number of pyridine rings is 1. The number of rotatable bonds is 6. The van der Waals surface area contributed by atoms with Crippen molar-refractivity contribution in [3.05, 3.63) is 66.4 Å². The SMILES string of the molecule is CC(C)OCc1nc(-c2coc(-c3c(F)cccc3F)n2)n(-c2ccncc2)n1. The van der Waals surface area contributed by atoms with Crippen molar-refractivity contribution in [3.63, 3.8) is 0 Å². The molecule has 4 aromatic rings. The average molecular weight is 397 g/mol. The standard InChI is InChI=1S/C20H17F2N5O2/c1-12(2)28-11-17-25-19(27(26-17)13-6-8-23-9-7-13)16-10-29-20(24-16)18-14(21)4-3-5-15(18)22/h3-10,12H,11H2,1-2H3. The van der Waals surface area contributed by atoms with Crippen LogP contribution in [0.25, 0.3) is 28.7 Å². The summed E-state index contributed by atoms with van der Waals surface area (Å²) < 4.78 is 40.6.